The number of benzene rings is 2. The van der Waals surface area contributed by atoms with E-state index in [1.807, 2.05) is 0 Å². The number of carbonyl (C=O) groups excluding carboxylic acids is 2. The van der Waals surface area contributed by atoms with Gasteiger partial charge in [-0.25, -0.2) is 0 Å². The molecule has 0 saturated carbocycles. The molecular formula is C26H17F9N2O3. The van der Waals surface area contributed by atoms with Crippen molar-refractivity contribution in [3.63, 3.8) is 0 Å². The largest absolute Gasteiger partial charge is 0.421 e. The van der Waals surface area contributed by atoms with Gasteiger partial charge in [-0.15, -0.1) is 0 Å². The number of hydrogen-bond acceptors (Lipinski definition) is 4. The molecule has 0 aliphatic carbocycles. The molecular weight excluding hydrogens is 559 g/mol. The van der Waals surface area contributed by atoms with Crippen molar-refractivity contribution in [2.75, 3.05) is 0 Å². The van der Waals surface area contributed by atoms with Crippen molar-refractivity contribution in [2.24, 2.45) is 0 Å². The van der Waals surface area contributed by atoms with Gasteiger partial charge in [0.1, 0.15) is 0 Å². The molecule has 4 rings (SSSR count). The van der Waals surface area contributed by atoms with E-state index in [0.717, 1.165) is 12.1 Å². The van der Waals surface area contributed by atoms with Crippen LogP contribution in [-0.4, -0.2) is 32.9 Å². The number of carbonyl (C=O) groups is 2. The first kappa shape index (κ1) is 29.1. The first-order chi connectivity index (χ1) is 18.4. The number of amides is 1. The van der Waals surface area contributed by atoms with E-state index in [4.69, 9.17) is 0 Å². The molecule has 2 aromatic carbocycles. The number of alkyl halides is 9. The van der Waals surface area contributed by atoms with Crippen molar-refractivity contribution in [1.29, 1.82) is 0 Å². The Kier molecular flexibility index (Phi) is 7.20. The molecule has 1 unspecified atom stereocenters. The lowest BCUT2D eigenvalue weighted by molar-refractivity contribution is -0.265. The van der Waals surface area contributed by atoms with Crippen molar-refractivity contribution >= 4 is 11.7 Å². The normalized spacial score (nSPS) is 15.7. The molecule has 1 N–H and O–H groups in total. The molecule has 212 valence electrons. The van der Waals surface area contributed by atoms with Gasteiger partial charge < -0.3 is 10.0 Å². The van der Waals surface area contributed by atoms with Crippen LogP contribution in [0.4, 0.5) is 39.5 Å². The Bertz CT molecular complexity index is 1420. The van der Waals surface area contributed by atoms with Crippen LogP contribution in [0.1, 0.15) is 55.1 Å². The molecule has 1 amide bonds. The summed E-state index contributed by atoms with van der Waals surface area (Å²) in [5, 5.41) is 10.5. The zero-order chi connectivity index (χ0) is 29.7. The van der Waals surface area contributed by atoms with Gasteiger partial charge in [0.2, 0.25) is 0 Å². The predicted molar refractivity (Wildman–Crippen MR) is 120 cm³/mol. The van der Waals surface area contributed by atoms with Crippen LogP contribution < -0.4 is 0 Å². The Hall–Kier alpha value is -3.94. The van der Waals surface area contributed by atoms with Crippen molar-refractivity contribution < 1.29 is 54.2 Å². The topological polar surface area (TPSA) is 70.5 Å². The molecule has 1 aliphatic rings. The number of nitrogens with zero attached hydrogens (tertiary/aromatic N) is 2. The summed E-state index contributed by atoms with van der Waals surface area (Å²) in [5.41, 5.74) is -9.87. The Morgan fingerprint density at radius 2 is 1.45 bits per heavy atom. The SMILES string of the molecule is O=C(CC(O)(c1cc(C(F)(F)F)cc(C(F)(F)F)c1)C(F)(F)F)c1ccc2c(c1)CN(Cc1ccccn1)C2=O. The van der Waals surface area contributed by atoms with Crippen LogP contribution >= 0.6 is 0 Å². The number of aromatic nitrogens is 1. The van der Waals surface area contributed by atoms with E-state index in [-0.39, 0.29) is 36.3 Å². The van der Waals surface area contributed by atoms with Gasteiger partial charge in [-0.1, -0.05) is 12.1 Å². The first-order valence-electron chi connectivity index (χ1n) is 11.3. The average Bonchev–Trinajstić information content (AvgIpc) is 3.16. The van der Waals surface area contributed by atoms with Gasteiger partial charge in [0.05, 0.1) is 29.8 Å². The second-order valence-corrected chi connectivity index (χ2v) is 9.11. The fraction of sp³-hybridized carbons (Fsp3) is 0.269. The van der Waals surface area contributed by atoms with Crippen LogP contribution in [0.3, 0.4) is 0 Å². The molecule has 2 heterocycles. The minimum absolute atomic E-state index is 0.0437. The third-order valence-electron chi connectivity index (χ3n) is 6.34. The van der Waals surface area contributed by atoms with Crippen LogP contribution in [-0.2, 0) is 31.0 Å². The van der Waals surface area contributed by atoms with E-state index in [1.165, 1.54) is 17.2 Å². The highest BCUT2D eigenvalue weighted by Gasteiger charge is 2.57. The Balaban J connectivity index is 1.67. The summed E-state index contributed by atoms with van der Waals surface area (Å²) >= 11 is 0. The number of rotatable bonds is 6. The van der Waals surface area contributed by atoms with Gasteiger partial charge in [-0.05, 0) is 53.6 Å². The summed E-state index contributed by atoms with van der Waals surface area (Å²) in [4.78, 5) is 31.0. The molecule has 0 fully saturated rings. The monoisotopic (exact) mass is 576 g/mol. The van der Waals surface area contributed by atoms with E-state index in [0.29, 0.717) is 5.69 Å². The van der Waals surface area contributed by atoms with Gasteiger partial charge >= 0.3 is 18.5 Å². The van der Waals surface area contributed by atoms with E-state index in [9.17, 15) is 54.2 Å². The zero-order valence-corrected chi connectivity index (χ0v) is 20.0. The Morgan fingerprint density at radius 3 is 1.98 bits per heavy atom. The number of hydrogen-bond donors (Lipinski definition) is 1. The lowest BCUT2D eigenvalue weighted by Gasteiger charge is -2.31. The molecule has 40 heavy (non-hydrogen) atoms. The summed E-state index contributed by atoms with van der Waals surface area (Å²) in [6.07, 6.45) is -17.2. The number of ketones is 1. The third kappa shape index (κ3) is 5.67. The van der Waals surface area contributed by atoms with E-state index in [2.05, 4.69) is 4.98 Å². The van der Waals surface area contributed by atoms with Crippen molar-refractivity contribution in [3.05, 3.63) is 99.9 Å². The number of pyridine rings is 1. The van der Waals surface area contributed by atoms with Crippen molar-refractivity contribution in [3.8, 4) is 0 Å². The van der Waals surface area contributed by atoms with E-state index >= 15 is 0 Å². The van der Waals surface area contributed by atoms with Gasteiger partial charge in [0.25, 0.3) is 5.91 Å². The standard InChI is InChI=1S/C26H17F9N2O3/c27-24(28,29)17-8-16(9-18(10-17)25(30,31)32)23(40,26(33,34)35)11-21(38)14-4-5-20-15(7-14)12-37(22(20)39)13-19-3-1-2-6-36-19/h1-10,40H,11-13H2. The molecule has 5 nitrogen and oxygen atoms in total. The maximum atomic E-state index is 14.0. The molecule has 14 heteroatoms. The predicted octanol–water partition coefficient (Wildman–Crippen LogP) is 6.30. The lowest BCUT2D eigenvalue weighted by Crippen LogP contribution is -2.44. The van der Waals surface area contributed by atoms with Crippen LogP contribution in [0.2, 0.25) is 0 Å². The minimum atomic E-state index is -5.85. The molecule has 0 bridgehead atoms. The minimum Gasteiger partial charge on any atom is -0.376 e. The van der Waals surface area contributed by atoms with Gasteiger partial charge in [-0.3, -0.25) is 14.6 Å². The highest BCUT2D eigenvalue weighted by Crippen LogP contribution is 2.46. The Labute approximate surface area is 219 Å². The zero-order valence-electron chi connectivity index (χ0n) is 20.0. The summed E-state index contributed by atoms with van der Waals surface area (Å²) in [7, 11) is 0. The summed E-state index contributed by atoms with van der Waals surface area (Å²) in [6, 6.07) is 7.33. The molecule has 3 aromatic rings. The van der Waals surface area contributed by atoms with Crippen molar-refractivity contribution in [1.82, 2.24) is 9.88 Å². The van der Waals surface area contributed by atoms with Crippen LogP contribution in [0.25, 0.3) is 0 Å². The van der Waals surface area contributed by atoms with Crippen LogP contribution in [0, 0.1) is 0 Å². The van der Waals surface area contributed by atoms with Crippen LogP contribution in [0.5, 0.6) is 0 Å². The summed E-state index contributed by atoms with van der Waals surface area (Å²) in [6.45, 7) is 0.0422. The summed E-state index contributed by atoms with van der Waals surface area (Å²) < 4.78 is 122. The molecule has 1 aromatic heterocycles. The van der Waals surface area contributed by atoms with Gasteiger partial charge in [-0.2, -0.15) is 39.5 Å². The number of fused-ring (bicyclic) bond motifs is 1. The second-order valence-electron chi connectivity index (χ2n) is 9.11. The molecule has 1 atom stereocenters. The first-order valence-corrected chi connectivity index (χ1v) is 11.3. The van der Waals surface area contributed by atoms with E-state index in [1.54, 1.807) is 18.2 Å². The fourth-order valence-corrected chi connectivity index (χ4v) is 4.26. The lowest BCUT2D eigenvalue weighted by atomic mass is 9.84. The van der Waals surface area contributed by atoms with Crippen molar-refractivity contribution in [2.45, 2.75) is 43.6 Å². The second kappa shape index (κ2) is 9.91. The number of Topliss-reactive ketones (excluding diaryl/α,β-unsaturated/α-hetero) is 1. The Morgan fingerprint density at radius 1 is 0.850 bits per heavy atom. The molecule has 0 saturated heterocycles. The third-order valence-corrected chi connectivity index (χ3v) is 6.34. The maximum absolute atomic E-state index is 14.0. The number of aliphatic hydroxyl groups is 1. The fourth-order valence-electron chi connectivity index (χ4n) is 4.26. The van der Waals surface area contributed by atoms with Gasteiger partial charge in [0.15, 0.2) is 11.4 Å². The number of halogens is 9. The summed E-state index contributed by atoms with van der Waals surface area (Å²) in [5.74, 6) is -1.88. The van der Waals surface area contributed by atoms with E-state index < -0.39 is 70.6 Å². The quantitative estimate of drug-likeness (QED) is 0.276. The molecule has 0 radical (unpaired) electrons. The van der Waals surface area contributed by atoms with Gasteiger partial charge in [0, 0.05) is 23.9 Å². The maximum Gasteiger partial charge on any atom is 0.421 e. The smallest absolute Gasteiger partial charge is 0.376 e. The highest BCUT2D eigenvalue weighted by atomic mass is 19.4. The van der Waals surface area contributed by atoms with Crippen LogP contribution in [0.15, 0.2) is 60.8 Å². The highest BCUT2D eigenvalue weighted by molar-refractivity contribution is 6.02. The average molecular weight is 576 g/mol. The molecule has 0 spiro atoms. The molecule has 1 aliphatic heterocycles.